The lowest BCUT2D eigenvalue weighted by atomic mass is 9.91. The highest BCUT2D eigenvalue weighted by molar-refractivity contribution is 5.83. The number of methoxy groups -OCH3 is 2. The molecule has 2 aromatic rings. The molecule has 224 valence electrons. The number of aryl methyl sites for hydroxylation is 1. The van der Waals surface area contributed by atoms with E-state index in [1.54, 1.807) is 14.2 Å². The Morgan fingerprint density at radius 2 is 1.73 bits per heavy atom. The van der Waals surface area contributed by atoms with Crippen molar-refractivity contribution in [2.24, 2.45) is 5.41 Å². The molecule has 7 heteroatoms. The van der Waals surface area contributed by atoms with Gasteiger partial charge in [-0.15, -0.1) is 0 Å². The van der Waals surface area contributed by atoms with E-state index in [0.29, 0.717) is 32.5 Å². The number of carbonyl (C=O) groups excluding carboxylic acids is 2. The van der Waals surface area contributed by atoms with Gasteiger partial charge in [-0.2, -0.15) is 0 Å². The smallest absolute Gasteiger partial charge is 0.240 e. The van der Waals surface area contributed by atoms with E-state index in [9.17, 15) is 9.59 Å². The molecular weight excluding hydrogens is 514 g/mol. The number of rotatable bonds is 10. The monoisotopic (exact) mass is 563 g/mol. The molecule has 4 rings (SSSR count). The maximum Gasteiger partial charge on any atom is 0.240 e. The molecule has 2 atom stereocenters. The Labute approximate surface area is 246 Å². The number of ether oxygens (including phenoxy) is 2. The van der Waals surface area contributed by atoms with Crippen LogP contribution < -0.4 is 9.47 Å². The van der Waals surface area contributed by atoms with Crippen molar-refractivity contribution in [3.8, 4) is 11.5 Å². The van der Waals surface area contributed by atoms with Crippen LogP contribution in [0.3, 0.4) is 0 Å². The first kappa shape index (κ1) is 30.9. The topological polar surface area (TPSA) is 62.3 Å². The SMILES string of the molecule is CCc1ccc(CN2C[C@@H](N(Cc3cccc(OC)c3)C(=O)CC(C)(C)C)C[C@H]2C(=O)N2CCCCC2)cc1OC. The normalized spacial score (nSPS) is 19.7. The maximum absolute atomic E-state index is 14.0. The van der Waals surface area contributed by atoms with Gasteiger partial charge in [-0.1, -0.05) is 52.0 Å². The number of likely N-dealkylation sites (tertiary alicyclic amines) is 2. The summed E-state index contributed by atoms with van der Waals surface area (Å²) in [5.41, 5.74) is 3.19. The largest absolute Gasteiger partial charge is 0.497 e. The fraction of sp³-hybridized carbons (Fsp3) is 0.588. The minimum atomic E-state index is -0.259. The van der Waals surface area contributed by atoms with Crippen LogP contribution >= 0.6 is 0 Å². The zero-order valence-corrected chi connectivity index (χ0v) is 25.9. The van der Waals surface area contributed by atoms with E-state index < -0.39 is 0 Å². The summed E-state index contributed by atoms with van der Waals surface area (Å²) in [6.07, 6.45) is 5.29. The van der Waals surface area contributed by atoms with Gasteiger partial charge in [-0.3, -0.25) is 14.5 Å². The molecule has 2 saturated heterocycles. The zero-order chi connectivity index (χ0) is 29.6. The minimum Gasteiger partial charge on any atom is -0.497 e. The van der Waals surface area contributed by atoms with Crippen molar-refractivity contribution in [3.05, 3.63) is 59.2 Å². The lowest BCUT2D eigenvalue weighted by Crippen LogP contribution is -2.47. The molecular formula is C34H49N3O4. The molecule has 2 aliphatic rings. The molecule has 0 aliphatic carbocycles. The first-order chi connectivity index (χ1) is 19.6. The van der Waals surface area contributed by atoms with Crippen molar-refractivity contribution in [1.29, 1.82) is 0 Å². The highest BCUT2D eigenvalue weighted by atomic mass is 16.5. The van der Waals surface area contributed by atoms with E-state index in [-0.39, 0.29) is 29.3 Å². The van der Waals surface area contributed by atoms with Gasteiger partial charge in [0.05, 0.1) is 20.3 Å². The Hall–Kier alpha value is -3.06. The summed E-state index contributed by atoms with van der Waals surface area (Å²) in [6, 6.07) is 14.0. The van der Waals surface area contributed by atoms with Gasteiger partial charge in [-0.05, 0) is 72.4 Å². The van der Waals surface area contributed by atoms with Crippen molar-refractivity contribution in [2.45, 2.75) is 91.4 Å². The number of amides is 2. The van der Waals surface area contributed by atoms with Crippen LogP contribution in [0.25, 0.3) is 0 Å². The molecule has 0 bridgehead atoms. The Morgan fingerprint density at radius 1 is 0.976 bits per heavy atom. The number of hydrogen-bond acceptors (Lipinski definition) is 5. The van der Waals surface area contributed by atoms with Crippen LogP contribution in [-0.4, -0.2) is 72.5 Å². The highest BCUT2D eigenvalue weighted by Crippen LogP contribution is 2.31. The Bertz CT molecular complexity index is 1180. The van der Waals surface area contributed by atoms with Gasteiger partial charge < -0.3 is 19.3 Å². The molecule has 2 amide bonds. The Morgan fingerprint density at radius 3 is 2.39 bits per heavy atom. The Balaban J connectivity index is 1.64. The number of hydrogen-bond donors (Lipinski definition) is 0. The standard InChI is InChI=1S/C34H49N3O4/c1-7-27-15-14-26(19-31(27)41-6)22-36-24-28(20-30(36)33(39)35-16-9-8-10-17-35)37(32(38)21-34(2,3)4)23-25-12-11-13-29(18-25)40-5/h11-15,18-19,28,30H,7-10,16-17,20-24H2,1-6H3/t28-,30-/m0/s1. The number of piperidine rings is 1. The van der Waals surface area contributed by atoms with Gasteiger partial charge >= 0.3 is 0 Å². The second-order valence-electron chi connectivity index (χ2n) is 12.8. The van der Waals surface area contributed by atoms with Crippen molar-refractivity contribution in [2.75, 3.05) is 33.9 Å². The third kappa shape index (κ3) is 8.03. The summed E-state index contributed by atoms with van der Waals surface area (Å²) in [5.74, 6) is 2.00. The average Bonchev–Trinajstić information content (AvgIpc) is 3.38. The van der Waals surface area contributed by atoms with Crippen LogP contribution in [0.1, 0.15) is 76.5 Å². The fourth-order valence-electron chi connectivity index (χ4n) is 6.22. The van der Waals surface area contributed by atoms with Crippen LogP contribution in [0.4, 0.5) is 0 Å². The molecule has 0 unspecified atom stereocenters. The van der Waals surface area contributed by atoms with Gasteiger partial charge in [0.25, 0.3) is 0 Å². The van der Waals surface area contributed by atoms with E-state index in [4.69, 9.17) is 9.47 Å². The molecule has 0 saturated carbocycles. The predicted molar refractivity (Wildman–Crippen MR) is 163 cm³/mol. The summed E-state index contributed by atoms with van der Waals surface area (Å²) in [6.45, 7) is 11.9. The summed E-state index contributed by atoms with van der Waals surface area (Å²) >= 11 is 0. The van der Waals surface area contributed by atoms with E-state index in [0.717, 1.165) is 55.0 Å². The maximum atomic E-state index is 14.0. The quantitative estimate of drug-likeness (QED) is 0.372. The summed E-state index contributed by atoms with van der Waals surface area (Å²) in [7, 11) is 3.37. The fourth-order valence-corrected chi connectivity index (χ4v) is 6.22. The molecule has 7 nitrogen and oxygen atoms in total. The lowest BCUT2D eigenvalue weighted by Gasteiger charge is -2.32. The van der Waals surface area contributed by atoms with E-state index >= 15 is 0 Å². The van der Waals surface area contributed by atoms with Crippen LogP contribution in [0.15, 0.2) is 42.5 Å². The average molecular weight is 564 g/mol. The molecule has 0 N–H and O–H groups in total. The first-order valence-corrected chi connectivity index (χ1v) is 15.2. The molecule has 0 spiro atoms. The van der Waals surface area contributed by atoms with Gasteiger partial charge in [0.1, 0.15) is 11.5 Å². The Kier molecular flexibility index (Phi) is 10.3. The van der Waals surface area contributed by atoms with Gasteiger partial charge in [0, 0.05) is 45.2 Å². The van der Waals surface area contributed by atoms with Crippen LogP contribution in [0.5, 0.6) is 11.5 Å². The van der Waals surface area contributed by atoms with E-state index in [1.807, 2.05) is 34.1 Å². The summed E-state index contributed by atoms with van der Waals surface area (Å²) in [4.78, 5) is 34.2. The van der Waals surface area contributed by atoms with E-state index in [1.165, 1.54) is 12.0 Å². The summed E-state index contributed by atoms with van der Waals surface area (Å²) < 4.78 is 11.1. The lowest BCUT2D eigenvalue weighted by molar-refractivity contribution is -0.138. The van der Waals surface area contributed by atoms with Crippen LogP contribution in [0.2, 0.25) is 0 Å². The van der Waals surface area contributed by atoms with Crippen molar-refractivity contribution >= 4 is 11.8 Å². The highest BCUT2D eigenvalue weighted by Gasteiger charge is 2.42. The minimum absolute atomic E-state index is 0.0633. The van der Waals surface area contributed by atoms with Crippen molar-refractivity contribution in [1.82, 2.24) is 14.7 Å². The molecule has 2 heterocycles. The van der Waals surface area contributed by atoms with Gasteiger partial charge in [0.15, 0.2) is 0 Å². The van der Waals surface area contributed by atoms with Crippen molar-refractivity contribution in [3.63, 3.8) is 0 Å². The second kappa shape index (κ2) is 13.7. The molecule has 2 aliphatic heterocycles. The molecule has 2 fully saturated rings. The number of nitrogens with zero attached hydrogens (tertiary/aromatic N) is 3. The second-order valence-corrected chi connectivity index (χ2v) is 12.8. The van der Waals surface area contributed by atoms with Crippen LogP contribution in [-0.2, 0) is 29.1 Å². The van der Waals surface area contributed by atoms with Crippen LogP contribution in [0, 0.1) is 5.41 Å². The third-order valence-electron chi connectivity index (χ3n) is 8.38. The number of carbonyl (C=O) groups is 2. The van der Waals surface area contributed by atoms with Gasteiger partial charge in [-0.25, -0.2) is 0 Å². The molecule has 0 aromatic heterocycles. The van der Waals surface area contributed by atoms with Crippen molar-refractivity contribution < 1.29 is 19.1 Å². The van der Waals surface area contributed by atoms with E-state index in [2.05, 4.69) is 50.8 Å². The summed E-state index contributed by atoms with van der Waals surface area (Å²) in [5, 5.41) is 0. The molecule has 41 heavy (non-hydrogen) atoms. The third-order valence-corrected chi connectivity index (χ3v) is 8.38. The first-order valence-electron chi connectivity index (χ1n) is 15.2. The predicted octanol–water partition coefficient (Wildman–Crippen LogP) is 5.69. The number of benzene rings is 2. The zero-order valence-electron chi connectivity index (χ0n) is 25.9. The molecule has 0 radical (unpaired) electrons. The molecule has 2 aromatic carbocycles. The van der Waals surface area contributed by atoms with Gasteiger partial charge in [0.2, 0.25) is 11.8 Å².